The summed E-state index contributed by atoms with van der Waals surface area (Å²) in [5.41, 5.74) is 3.25. The summed E-state index contributed by atoms with van der Waals surface area (Å²) in [5.74, 6) is 4.86. The summed E-state index contributed by atoms with van der Waals surface area (Å²) < 4.78 is 0. The van der Waals surface area contributed by atoms with E-state index in [2.05, 4.69) is 10.4 Å². The lowest BCUT2D eigenvalue weighted by Crippen LogP contribution is -2.31. The molecule has 1 aromatic heterocycles. The third-order valence-electron chi connectivity index (χ3n) is 3.24. The minimum atomic E-state index is -0.370. The molecule has 19 heavy (non-hydrogen) atoms. The van der Waals surface area contributed by atoms with Gasteiger partial charge in [0, 0.05) is 19.2 Å². The molecule has 1 fully saturated rings. The second kappa shape index (κ2) is 6.29. The van der Waals surface area contributed by atoms with Gasteiger partial charge in [-0.15, -0.1) is 0 Å². The summed E-state index contributed by atoms with van der Waals surface area (Å²) in [6.07, 6.45) is 5.20. The van der Waals surface area contributed by atoms with E-state index in [0.29, 0.717) is 18.5 Å². The zero-order valence-electron chi connectivity index (χ0n) is 10.8. The SMILES string of the molecule is NNC(=O)c1ccc(CN2CCCCCC2=O)nc1. The fraction of sp³-hybridized carbons (Fsp3) is 0.462. The molecule has 0 spiro atoms. The van der Waals surface area contributed by atoms with Crippen molar-refractivity contribution in [2.75, 3.05) is 6.54 Å². The maximum Gasteiger partial charge on any atom is 0.266 e. The number of hydrazine groups is 1. The van der Waals surface area contributed by atoms with Crippen LogP contribution in [0.3, 0.4) is 0 Å². The number of pyridine rings is 1. The van der Waals surface area contributed by atoms with Gasteiger partial charge >= 0.3 is 0 Å². The first-order chi connectivity index (χ1) is 9.20. The van der Waals surface area contributed by atoms with E-state index in [1.165, 1.54) is 6.20 Å². The normalized spacial score (nSPS) is 16.1. The molecule has 1 aliphatic heterocycles. The Kier molecular flexibility index (Phi) is 4.46. The van der Waals surface area contributed by atoms with Gasteiger partial charge in [0.05, 0.1) is 17.8 Å². The number of nitrogen functional groups attached to an aromatic ring is 1. The molecule has 0 radical (unpaired) electrons. The molecule has 0 atom stereocenters. The Morgan fingerprint density at radius 1 is 1.37 bits per heavy atom. The lowest BCUT2D eigenvalue weighted by atomic mass is 10.2. The van der Waals surface area contributed by atoms with Gasteiger partial charge in [-0.05, 0) is 25.0 Å². The molecule has 2 amide bonds. The number of aromatic nitrogens is 1. The van der Waals surface area contributed by atoms with Gasteiger partial charge in [-0.25, -0.2) is 5.84 Å². The summed E-state index contributed by atoms with van der Waals surface area (Å²) in [4.78, 5) is 29.2. The minimum absolute atomic E-state index is 0.183. The van der Waals surface area contributed by atoms with Gasteiger partial charge in [-0.2, -0.15) is 0 Å². The van der Waals surface area contributed by atoms with Crippen molar-refractivity contribution in [1.29, 1.82) is 0 Å². The van der Waals surface area contributed by atoms with Crippen molar-refractivity contribution in [3.05, 3.63) is 29.6 Å². The molecule has 3 N–H and O–H groups in total. The Morgan fingerprint density at radius 2 is 2.21 bits per heavy atom. The van der Waals surface area contributed by atoms with Gasteiger partial charge in [0.25, 0.3) is 5.91 Å². The predicted octanol–water partition coefficient (Wildman–Crippen LogP) is 0.588. The standard InChI is InChI=1S/C13H18N4O2/c14-16-13(19)10-5-6-11(15-8-10)9-17-7-3-1-2-4-12(17)18/h5-6,8H,1-4,7,9,14H2,(H,16,19). The van der Waals surface area contributed by atoms with Crippen LogP contribution in [0.2, 0.25) is 0 Å². The average Bonchev–Trinajstić information content (AvgIpc) is 2.64. The van der Waals surface area contributed by atoms with Crippen molar-refractivity contribution in [2.45, 2.75) is 32.2 Å². The second-order valence-corrected chi connectivity index (χ2v) is 4.64. The van der Waals surface area contributed by atoms with E-state index in [1.54, 1.807) is 12.1 Å². The van der Waals surface area contributed by atoms with Crippen LogP contribution < -0.4 is 11.3 Å². The Bertz CT molecular complexity index is 458. The van der Waals surface area contributed by atoms with E-state index < -0.39 is 0 Å². The van der Waals surface area contributed by atoms with Crippen LogP contribution in [0.1, 0.15) is 41.7 Å². The Morgan fingerprint density at radius 3 is 2.89 bits per heavy atom. The smallest absolute Gasteiger partial charge is 0.266 e. The highest BCUT2D eigenvalue weighted by molar-refractivity contribution is 5.93. The number of hydrogen-bond donors (Lipinski definition) is 2. The predicted molar refractivity (Wildman–Crippen MR) is 69.8 cm³/mol. The summed E-state index contributed by atoms with van der Waals surface area (Å²) >= 11 is 0. The van der Waals surface area contributed by atoms with Crippen LogP contribution in [0.25, 0.3) is 0 Å². The summed E-state index contributed by atoms with van der Waals surface area (Å²) in [5, 5.41) is 0. The lowest BCUT2D eigenvalue weighted by Gasteiger charge is -2.19. The number of nitrogens with one attached hydrogen (secondary N) is 1. The highest BCUT2D eigenvalue weighted by Crippen LogP contribution is 2.13. The Hall–Kier alpha value is -1.95. The lowest BCUT2D eigenvalue weighted by molar-refractivity contribution is -0.131. The first-order valence-corrected chi connectivity index (χ1v) is 6.44. The third kappa shape index (κ3) is 3.51. The zero-order valence-corrected chi connectivity index (χ0v) is 10.8. The molecular weight excluding hydrogens is 244 g/mol. The van der Waals surface area contributed by atoms with Gasteiger partial charge < -0.3 is 4.90 Å². The maximum absolute atomic E-state index is 11.9. The fourth-order valence-corrected chi connectivity index (χ4v) is 2.14. The molecule has 0 bridgehead atoms. The highest BCUT2D eigenvalue weighted by Gasteiger charge is 2.17. The number of likely N-dealkylation sites (tertiary alicyclic amines) is 1. The van der Waals surface area contributed by atoms with Crippen molar-refractivity contribution < 1.29 is 9.59 Å². The molecule has 102 valence electrons. The van der Waals surface area contributed by atoms with E-state index in [4.69, 9.17) is 5.84 Å². The number of amides is 2. The largest absolute Gasteiger partial charge is 0.337 e. The molecule has 1 aromatic rings. The van der Waals surface area contributed by atoms with Crippen LogP contribution in [0, 0.1) is 0 Å². The van der Waals surface area contributed by atoms with Crippen LogP contribution >= 0.6 is 0 Å². The van der Waals surface area contributed by atoms with Crippen molar-refractivity contribution in [3.63, 3.8) is 0 Å². The molecule has 0 aliphatic carbocycles. The molecule has 2 heterocycles. The minimum Gasteiger partial charge on any atom is -0.337 e. The number of rotatable bonds is 3. The monoisotopic (exact) mass is 262 g/mol. The van der Waals surface area contributed by atoms with E-state index in [-0.39, 0.29) is 11.8 Å². The maximum atomic E-state index is 11.9. The molecule has 1 saturated heterocycles. The van der Waals surface area contributed by atoms with Crippen LogP contribution in [0.15, 0.2) is 18.3 Å². The van der Waals surface area contributed by atoms with E-state index in [0.717, 1.165) is 31.5 Å². The molecular formula is C13H18N4O2. The average molecular weight is 262 g/mol. The zero-order chi connectivity index (χ0) is 13.7. The number of nitrogens with two attached hydrogens (primary N) is 1. The van der Waals surface area contributed by atoms with Crippen LogP contribution in [0.4, 0.5) is 0 Å². The van der Waals surface area contributed by atoms with Crippen molar-refractivity contribution >= 4 is 11.8 Å². The Labute approximate surface area is 112 Å². The molecule has 6 heteroatoms. The Balaban J connectivity index is 2.02. The molecule has 2 rings (SSSR count). The van der Waals surface area contributed by atoms with Gasteiger partial charge in [0.2, 0.25) is 5.91 Å². The molecule has 0 saturated carbocycles. The fourth-order valence-electron chi connectivity index (χ4n) is 2.14. The molecule has 1 aliphatic rings. The van der Waals surface area contributed by atoms with Gasteiger partial charge in [-0.1, -0.05) is 6.42 Å². The molecule has 0 unspecified atom stereocenters. The number of carbonyl (C=O) groups excluding carboxylic acids is 2. The third-order valence-corrected chi connectivity index (χ3v) is 3.24. The van der Waals surface area contributed by atoms with Gasteiger partial charge in [-0.3, -0.25) is 20.0 Å². The van der Waals surface area contributed by atoms with Crippen molar-refractivity contribution in [1.82, 2.24) is 15.3 Å². The topological polar surface area (TPSA) is 88.3 Å². The highest BCUT2D eigenvalue weighted by atomic mass is 16.2. The van der Waals surface area contributed by atoms with E-state index in [1.807, 2.05) is 4.90 Å². The van der Waals surface area contributed by atoms with Crippen LogP contribution in [-0.4, -0.2) is 28.2 Å². The van der Waals surface area contributed by atoms with Crippen molar-refractivity contribution in [3.8, 4) is 0 Å². The first-order valence-electron chi connectivity index (χ1n) is 6.44. The first kappa shape index (κ1) is 13.5. The second-order valence-electron chi connectivity index (χ2n) is 4.64. The van der Waals surface area contributed by atoms with Crippen LogP contribution in [-0.2, 0) is 11.3 Å². The van der Waals surface area contributed by atoms with Gasteiger partial charge in [0.1, 0.15) is 0 Å². The summed E-state index contributed by atoms with van der Waals surface area (Å²) in [7, 11) is 0. The van der Waals surface area contributed by atoms with E-state index >= 15 is 0 Å². The number of carbonyl (C=O) groups is 2. The van der Waals surface area contributed by atoms with Crippen molar-refractivity contribution in [2.24, 2.45) is 5.84 Å². The quantitative estimate of drug-likeness (QED) is 0.474. The number of nitrogens with zero attached hydrogens (tertiary/aromatic N) is 2. The number of hydrogen-bond acceptors (Lipinski definition) is 4. The summed E-state index contributed by atoms with van der Waals surface area (Å²) in [6, 6.07) is 3.41. The summed E-state index contributed by atoms with van der Waals surface area (Å²) in [6.45, 7) is 1.29. The van der Waals surface area contributed by atoms with E-state index in [9.17, 15) is 9.59 Å². The van der Waals surface area contributed by atoms with Gasteiger partial charge in [0.15, 0.2) is 0 Å². The molecule has 0 aromatic carbocycles. The van der Waals surface area contributed by atoms with Crippen LogP contribution in [0.5, 0.6) is 0 Å². The molecule has 6 nitrogen and oxygen atoms in total.